The van der Waals surface area contributed by atoms with E-state index < -0.39 is 0 Å². The molecule has 146 valence electrons. The fourth-order valence-electron chi connectivity index (χ4n) is 3.73. The van der Waals surface area contributed by atoms with Gasteiger partial charge in [0.25, 0.3) is 11.8 Å². The number of piperidine rings is 1. The Morgan fingerprint density at radius 1 is 1.21 bits per heavy atom. The molecule has 0 N–H and O–H groups in total. The van der Waals surface area contributed by atoms with Crippen molar-refractivity contribution in [3.8, 4) is 11.6 Å². The van der Waals surface area contributed by atoms with Crippen LogP contribution in [-0.4, -0.2) is 37.5 Å². The summed E-state index contributed by atoms with van der Waals surface area (Å²) >= 11 is 1.60. The molecule has 1 aromatic carbocycles. The van der Waals surface area contributed by atoms with Gasteiger partial charge in [-0.2, -0.15) is 0 Å². The van der Waals surface area contributed by atoms with Crippen LogP contribution < -0.4 is 0 Å². The molecule has 4 heterocycles. The number of carbonyl (C=O) groups excluding carboxylic acids is 1. The number of hydrogen-bond acceptors (Lipinski definition) is 7. The van der Waals surface area contributed by atoms with E-state index in [0.717, 1.165) is 34.5 Å². The van der Waals surface area contributed by atoms with E-state index in [1.54, 1.807) is 17.5 Å². The molecule has 0 bridgehead atoms. The number of likely N-dealkylation sites (tertiary alicyclic amines) is 1. The molecular weight excluding hydrogens is 386 g/mol. The van der Waals surface area contributed by atoms with Gasteiger partial charge in [-0.25, -0.2) is 4.98 Å². The van der Waals surface area contributed by atoms with Crippen molar-refractivity contribution in [2.75, 3.05) is 6.54 Å². The maximum Gasteiger partial charge on any atom is 0.266 e. The molecule has 4 aromatic rings. The van der Waals surface area contributed by atoms with Crippen LogP contribution in [0.3, 0.4) is 0 Å². The van der Waals surface area contributed by atoms with E-state index in [-0.39, 0.29) is 11.9 Å². The maximum absolute atomic E-state index is 13.3. The van der Waals surface area contributed by atoms with Gasteiger partial charge in [0.05, 0.1) is 15.2 Å². The van der Waals surface area contributed by atoms with E-state index >= 15 is 0 Å². The number of aromatic nitrogens is 4. The van der Waals surface area contributed by atoms with Gasteiger partial charge < -0.3 is 9.32 Å². The molecular formula is C21H19N5O2S. The number of rotatable bonds is 3. The summed E-state index contributed by atoms with van der Waals surface area (Å²) in [5, 5.41) is 9.38. The zero-order chi connectivity index (χ0) is 19.8. The summed E-state index contributed by atoms with van der Waals surface area (Å²) in [6.07, 6.45) is 4.47. The van der Waals surface area contributed by atoms with Gasteiger partial charge in [0.1, 0.15) is 11.7 Å². The fourth-order valence-corrected chi connectivity index (χ4v) is 4.60. The summed E-state index contributed by atoms with van der Waals surface area (Å²) < 4.78 is 6.94. The van der Waals surface area contributed by atoms with Crippen LogP contribution in [0.5, 0.6) is 0 Å². The molecule has 3 aromatic heterocycles. The van der Waals surface area contributed by atoms with Crippen LogP contribution in [-0.2, 0) is 0 Å². The molecule has 7 nitrogen and oxygen atoms in total. The Hall–Kier alpha value is -3.13. The number of pyridine rings is 1. The second-order valence-electron chi connectivity index (χ2n) is 7.09. The molecule has 0 saturated carbocycles. The number of benzene rings is 1. The smallest absolute Gasteiger partial charge is 0.266 e. The molecule has 8 heteroatoms. The van der Waals surface area contributed by atoms with Crippen LogP contribution in [0.1, 0.15) is 46.6 Å². The van der Waals surface area contributed by atoms with Crippen molar-refractivity contribution >= 4 is 27.5 Å². The lowest BCUT2D eigenvalue weighted by molar-refractivity contribution is 0.0572. The third-order valence-electron chi connectivity index (χ3n) is 5.12. The summed E-state index contributed by atoms with van der Waals surface area (Å²) in [4.78, 5) is 23.9. The second kappa shape index (κ2) is 7.36. The molecule has 5 rings (SSSR count). The summed E-state index contributed by atoms with van der Waals surface area (Å²) in [7, 11) is 0. The Kier molecular flexibility index (Phi) is 4.55. The van der Waals surface area contributed by atoms with Crippen molar-refractivity contribution in [1.29, 1.82) is 0 Å². The van der Waals surface area contributed by atoms with Crippen molar-refractivity contribution in [2.45, 2.75) is 32.2 Å². The third kappa shape index (κ3) is 3.40. The molecule has 29 heavy (non-hydrogen) atoms. The molecule has 1 atom stereocenters. The summed E-state index contributed by atoms with van der Waals surface area (Å²) in [6.45, 7) is 2.64. The largest absolute Gasteiger partial charge is 0.417 e. The summed E-state index contributed by atoms with van der Waals surface area (Å²) in [5.74, 6) is 0.828. The lowest BCUT2D eigenvalue weighted by Crippen LogP contribution is -2.38. The number of aryl methyl sites for hydroxylation is 1. The quantitative estimate of drug-likeness (QED) is 0.502. The van der Waals surface area contributed by atoms with Gasteiger partial charge in [-0.05, 0) is 56.5 Å². The van der Waals surface area contributed by atoms with Crippen molar-refractivity contribution in [1.82, 2.24) is 25.1 Å². The molecule has 1 fully saturated rings. The number of thiazole rings is 1. The monoisotopic (exact) mass is 405 g/mol. The minimum Gasteiger partial charge on any atom is -0.417 e. The number of fused-ring (bicyclic) bond motifs is 1. The van der Waals surface area contributed by atoms with E-state index in [1.165, 1.54) is 0 Å². The third-order valence-corrected chi connectivity index (χ3v) is 6.05. The number of amides is 1. The van der Waals surface area contributed by atoms with Crippen molar-refractivity contribution in [3.05, 3.63) is 59.1 Å². The molecule has 1 aliphatic heterocycles. The molecule has 0 radical (unpaired) electrons. The summed E-state index contributed by atoms with van der Waals surface area (Å²) in [5.41, 5.74) is 2.22. The summed E-state index contributed by atoms with van der Waals surface area (Å²) in [6, 6.07) is 11.0. The van der Waals surface area contributed by atoms with Crippen LogP contribution >= 0.6 is 11.3 Å². The van der Waals surface area contributed by atoms with Crippen LogP contribution in [0.15, 0.2) is 47.0 Å². The van der Waals surface area contributed by atoms with Gasteiger partial charge in [0.2, 0.25) is 5.89 Å². The highest BCUT2D eigenvalue weighted by molar-refractivity contribution is 7.18. The topological polar surface area (TPSA) is 85.0 Å². The normalized spacial score (nSPS) is 17.0. The lowest BCUT2D eigenvalue weighted by Gasteiger charge is -2.33. The van der Waals surface area contributed by atoms with E-state index in [9.17, 15) is 4.79 Å². The highest BCUT2D eigenvalue weighted by atomic mass is 32.1. The van der Waals surface area contributed by atoms with Gasteiger partial charge >= 0.3 is 0 Å². The first kappa shape index (κ1) is 17.9. The molecule has 1 unspecified atom stereocenters. The van der Waals surface area contributed by atoms with Crippen LogP contribution in [0.2, 0.25) is 0 Å². The van der Waals surface area contributed by atoms with Crippen LogP contribution in [0, 0.1) is 6.92 Å². The van der Waals surface area contributed by atoms with E-state index in [1.807, 2.05) is 48.2 Å². The van der Waals surface area contributed by atoms with Crippen molar-refractivity contribution < 1.29 is 9.21 Å². The van der Waals surface area contributed by atoms with E-state index in [4.69, 9.17) is 4.42 Å². The standard InChI is InChI=1S/C21H19N5O2S/c1-13-23-15-9-8-14(12-18(15)29-13)21(27)26-11-5-3-7-17(26)20-25-24-19(28-20)16-6-2-4-10-22-16/h2,4,6,8-10,12,17H,3,5,7,11H2,1H3. The first-order chi connectivity index (χ1) is 14.2. The zero-order valence-electron chi connectivity index (χ0n) is 15.9. The second-order valence-corrected chi connectivity index (χ2v) is 8.32. The number of hydrogen-bond donors (Lipinski definition) is 0. The average Bonchev–Trinajstić information content (AvgIpc) is 3.39. The molecule has 0 spiro atoms. The van der Waals surface area contributed by atoms with Crippen LogP contribution in [0.4, 0.5) is 0 Å². The Labute approximate surface area is 171 Å². The molecule has 1 amide bonds. The Balaban J connectivity index is 1.45. The maximum atomic E-state index is 13.3. The fraction of sp³-hybridized carbons (Fsp3) is 0.286. The van der Waals surface area contributed by atoms with E-state index in [0.29, 0.717) is 29.6 Å². The average molecular weight is 405 g/mol. The predicted molar refractivity (Wildman–Crippen MR) is 110 cm³/mol. The molecule has 0 aliphatic carbocycles. The van der Waals surface area contributed by atoms with Crippen molar-refractivity contribution in [3.63, 3.8) is 0 Å². The molecule has 1 aliphatic rings. The first-order valence-electron chi connectivity index (χ1n) is 9.62. The Bertz CT molecular complexity index is 1170. The highest BCUT2D eigenvalue weighted by Gasteiger charge is 2.33. The lowest BCUT2D eigenvalue weighted by atomic mass is 10.0. The number of carbonyl (C=O) groups is 1. The van der Waals surface area contributed by atoms with Gasteiger partial charge in [0, 0.05) is 18.3 Å². The molecule has 1 saturated heterocycles. The Morgan fingerprint density at radius 2 is 2.14 bits per heavy atom. The SMILES string of the molecule is Cc1nc2ccc(C(=O)N3CCCCC3c3nnc(-c4ccccn4)o3)cc2s1. The minimum absolute atomic E-state index is 0.0137. The van der Waals surface area contributed by atoms with Crippen molar-refractivity contribution in [2.24, 2.45) is 0 Å². The van der Waals surface area contributed by atoms with Gasteiger partial charge in [-0.1, -0.05) is 6.07 Å². The van der Waals surface area contributed by atoms with Gasteiger partial charge in [-0.15, -0.1) is 21.5 Å². The van der Waals surface area contributed by atoms with Crippen LogP contribution in [0.25, 0.3) is 21.8 Å². The zero-order valence-corrected chi connectivity index (χ0v) is 16.7. The first-order valence-corrected chi connectivity index (χ1v) is 10.4. The van der Waals surface area contributed by atoms with Gasteiger partial charge in [-0.3, -0.25) is 9.78 Å². The predicted octanol–water partition coefficient (Wildman–Crippen LogP) is 4.42. The number of nitrogens with zero attached hydrogens (tertiary/aromatic N) is 5. The minimum atomic E-state index is -0.222. The van der Waals surface area contributed by atoms with E-state index in [2.05, 4.69) is 20.2 Å². The Morgan fingerprint density at radius 3 is 3.00 bits per heavy atom. The highest BCUT2D eigenvalue weighted by Crippen LogP contribution is 2.33. The van der Waals surface area contributed by atoms with Gasteiger partial charge in [0.15, 0.2) is 0 Å².